The molecule has 4 bridgehead atoms. The molecule has 4 fully saturated rings. The van der Waals surface area contributed by atoms with Crippen LogP contribution in [0.3, 0.4) is 0 Å². The molecule has 0 aromatic heterocycles. The smallest absolute Gasteiger partial charge is 0.310 e. The Morgan fingerprint density at radius 1 is 0.792 bits per heavy atom. The zero-order valence-corrected chi connectivity index (χ0v) is 15.1. The predicted molar refractivity (Wildman–Crippen MR) is 89.0 cm³/mol. The van der Waals surface area contributed by atoms with Crippen LogP contribution in [0.4, 0.5) is 0 Å². The molecule has 0 amide bonds. The maximum Gasteiger partial charge on any atom is 0.310 e. The van der Waals surface area contributed by atoms with Crippen LogP contribution in [0, 0.1) is 35.5 Å². The first kappa shape index (κ1) is 16.4. The average Bonchev–Trinajstić information content (AvgIpc) is 3.24. The van der Waals surface area contributed by atoms with Crippen molar-refractivity contribution in [3.63, 3.8) is 0 Å². The van der Waals surface area contributed by atoms with Gasteiger partial charge in [-0.05, 0) is 89.4 Å². The molecule has 0 aromatic carbocycles. The number of hydrogen-bond donors (Lipinski definition) is 0. The molecule has 4 rings (SSSR count). The Hall–Kier alpha value is -1.06. The van der Waals surface area contributed by atoms with Gasteiger partial charge in [0.2, 0.25) is 0 Å². The van der Waals surface area contributed by atoms with Gasteiger partial charge in [0.25, 0.3) is 0 Å². The highest BCUT2D eigenvalue weighted by Gasteiger charge is 2.56. The lowest BCUT2D eigenvalue weighted by Crippen LogP contribution is -2.41. The molecular formula is C20H30O4. The molecular weight excluding hydrogens is 304 g/mol. The van der Waals surface area contributed by atoms with Gasteiger partial charge in [0.1, 0.15) is 11.7 Å². The minimum Gasteiger partial charge on any atom is -0.462 e. The number of hydrogen-bond acceptors (Lipinski definition) is 4. The van der Waals surface area contributed by atoms with Crippen LogP contribution in [-0.4, -0.2) is 23.6 Å². The molecule has 7 unspecified atom stereocenters. The van der Waals surface area contributed by atoms with E-state index in [1.54, 1.807) is 0 Å². The van der Waals surface area contributed by atoms with Crippen molar-refractivity contribution in [1.82, 2.24) is 0 Å². The summed E-state index contributed by atoms with van der Waals surface area (Å²) in [5.41, 5.74) is -0.502. The molecule has 4 nitrogen and oxygen atoms in total. The van der Waals surface area contributed by atoms with Gasteiger partial charge in [0.05, 0.1) is 11.8 Å². The maximum atomic E-state index is 12.9. The van der Waals surface area contributed by atoms with Crippen molar-refractivity contribution in [2.24, 2.45) is 35.5 Å². The van der Waals surface area contributed by atoms with Crippen LogP contribution in [-0.2, 0) is 19.1 Å². The molecule has 24 heavy (non-hydrogen) atoms. The molecule has 0 saturated heterocycles. The molecule has 0 aliphatic heterocycles. The Morgan fingerprint density at radius 3 is 1.96 bits per heavy atom. The van der Waals surface area contributed by atoms with E-state index in [0.29, 0.717) is 17.8 Å². The molecule has 4 saturated carbocycles. The topological polar surface area (TPSA) is 52.6 Å². The van der Waals surface area contributed by atoms with E-state index < -0.39 is 5.60 Å². The van der Waals surface area contributed by atoms with Gasteiger partial charge in [-0.15, -0.1) is 0 Å². The van der Waals surface area contributed by atoms with E-state index in [-0.39, 0.29) is 29.9 Å². The van der Waals surface area contributed by atoms with Crippen LogP contribution in [0.1, 0.15) is 65.7 Å². The highest BCUT2D eigenvalue weighted by atomic mass is 16.6. The summed E-state index contributed by atoms with van der Waals surface area (Å²) in [5.74, 6) is 1.10. The van der Waals surface area contributed by atoms with E-state index >= 15 is 0 Å². The largest absolute Gasteiger partial charge is 0.462 e. The van der Waals surface area contributed by atoms with E-state index in [0.717, 1.165) is 31.6 Å². The van der Waals surface area contributed by atoms with Crippen molar-refractivity contribution >= 4 is 11.9 Å². The van der Waals surface area contributed by atoms with Crippen molar-refractivity contribution < 1.29 is 19.1 Å². The number of rotatable bonds is 3. The molecule has 0 aromatic rings. The molecule has 0 radical (unpaired) electrons. The van der Waals surface area contributed by atoms with Gasteiger partial charge in [-0.25, -0.2) is 0 Å². The standard InChI is InChI=1S/C20H30O4/c1-20(2,3)24-19(22)17-14-7-6-13(10-14)16(17)18(21)23-15-9-11-4-5-12(15)8-11/h11-17H,4-10H2,1-3H3. The van der Waals surface area contributed by atoms with Crippen molar-refractivity contribution in [2.75, 3.05) is 0 Å². The summed E-state index contributed by atoms with van der Waals surface area (Å²) in [6.45, 7) is 5.67. The van der Waals surface area contributed by atoms with Crippen LogP contribution >= 0.6 is 0 Å². The van der Waals surface area contributed by atoms with Crippen LogP contribution in [0.25, 0.3) is 0 Å². The Morgan fingerprint density at radius 2 is 1.42 bits per heavy atom. The second-order valence-electron chi connectivity index (χ2n) is 9.57. The zero-order chi connectivity index (χ0) is 17.1. The van der Waals surface area contributed by atoms with Crippen molar-refractivity contribution in [1.29, 1.82) is 0 Å². The predicted octanol–water partition coefficient (Wildman–Crippen LogP) is 3.72. The number of fused-ring (bicyclic) bond motifs is 4. The van der Waals surface area contributed by atoms with Crippen molar-refractivity contribution in [3.8, 4) is 0 Å². The number of carbonyl (C=O) groups is 2. The van der Waals surface area contributed by atoms with E-state index in [2.05, 4.69) is 0 Å². The van der Waals surface area contributed by atoms with E-state index in [9.17, 15) is 9.59 Å². The van der Waals surface area contributed by atoms with Gasteiger partial charge in [-0.3, -0.25) is 9.59 Å². The normalized spacial score (nSPS) is 43.2. The molecule has 0 N–H and O–H groups in total. The van der Waals surface area contributed by atoms with Gasteiger partial charge in [-0.1, -0.05) is 0 Å². The summed E-state index contributed by atoms with van der Waals surface area (Å²) < 4.78 is 11.6. The fourth-order valence-corrected chi connectivity index (χ4v) is 5.90. The first-order chi connectivity index (χ1) is 11.3. The molecule has 4 aliphatic carbocycles. The van der Waals surface area contributed by atoms with Gasteiger partial charge in [0.15, 0.2) is 0 Å². The third kappa shape index (κ3) is 2.86. The molecule has 4 heteroatoms. The average molecular weight is 334 g/mol. The Bertz CT molecular complexity index is 534. The number of carbonyl (C=O) groups excluding carboxylic acids is 2. The lowest BCUT2D eigenvalue weighted by molar-refractivity contribution is -0.174. The summed E-state index contributed by atoms with van der Waals surface area (Å²) in [6, 6.07) is 0. The van der Waals surface area contributed by atoms with Gasteiger partial charge in [0, 0.05) is 0 Å². The first-order valence-electron chi connectivity index (χ1n) is 9.75. The minimum atomic E-state index is -0.502. The van der Waals surface area contributed by atoms with E-state index in [1.807, 2.05) is 20.8 Å². The molecule has 4 aliphatic rings. The Kier molecular flexibility index (Phi) is 3.92. The van der Waals surface area contributed by atoms with Crippen molar-refractivity contribution in [3.05, 3.63) is 0 Å². The molecule has 0 spiro atoms. The summed E-state index contributed by atoms with van der Waals surface area (Å²) in [4.78, 5) is 25.6. The quantitative estimate of drug-likeness (QED) is 0.738. The lowest BCUT2D eigenvalue weighted by Gasteiger charge is -2.32. The zero-order valence-electron chi connectivity index (χ0n) is 15.1. The third-order valence-electron chi connectivity index (χ3n) is 6.81. The maximum absolute atomic E-state index is 12.9. The third-order valence-corrected chi connectivity index (χ3v) is 6.81. The second-order valence-corrected chi connectivity index (χ2v) is 9.57. The summed E-state index contributed by atoms with van der Waals surface area (Å²) in [5, 5.41) is 0. The van der Waals surface area contributed by atoms with Crippen LogP contribution in [0.5, 0.6) is 0 Å². The Balaban J connectivity index is 1.45. The summed E-state index contributed by atoms with van der Waals surface area (Å²) >= 11 is 0. The van der Waals surface area contributed by atoms with E-state index in [4.69, 9.17) is 9.47 Å². The Labute approximate surface area is 144 Å². The van der Waals surface area contributed by atoms with Gasteiger partial charge < -0.3 is 9.47 Å². The molecule has 7 atom stereocenters. The van der Waals surface area contributed by atoms with E-state index in [1.165, 1.54) is 19.3 Å². The SMILES string of the molecule is CC(C)(C)OC(=O)C1C2CCC(C2)C1C(=O)OC1CC2CCC1C2. The first-order valence-corrected chi connectivity index (χ1v) is 9.75. The van der Waals surface area contributed by atoms with Crippen LogP contribution in [0.2, 0.25) is 0 Å². The number of esters is 2. The lowest BCUT2D eigenvalue weighted by atomic mass is 9.79. The second kappa shape index (κ2) is 5.74. The summed E-state index contributed by atoms with van der Waals surface area (Å²) in [7, 11) is 0. The van der Waals surface area contributed by atoms with Gasteiger partial charge >= 0.3 is 11.9 Å². The fourth-order valence-electron chi connectivity index (χ4n) is 5.90. The van der Waals surface area contributed by atoms with Gasteiger partial charge in [-0.2, -0.15) is 0 Å². The minimum absolute atomic E-state index is 0.106. The number of ether oxygens (including phenoxy) is 2. The highest BCUT2D eigenvalue weighted by molar-refractivity contribution is 5.84. The summed E-state index contributed by atoms with van der Waals surface area (Å²) in [6.07, 6.45) is 7.96. The highest BCUT2D eigenvalue weighted by Crippen LogP contribution is 2.54. The molecule has 134 valence electrons. The molecule has 0 heterocycles. The van der Waals surface area contributed by atoms with Crippen LogP contribution in [0.15, 0.2) is 0 Å². The van der Waals surface area contributed by atoms with Crippen LogP contribution < -0.4 is 0 Å². The monoisotopic (exact) mass is 334 g/mol. The fraction of sp³-hybridized carbons (Fsp3) is 0.900. The van der Waals surface area contributed by atoms with Crippen molar-refractivity contribution in [2.45, 2.75) is 77.4 Å².